The number of aromatic nitrogens is 1. The fourth-order valence-electron chi connectivity index (χ4n) is 2.57. The first-order chi connectivity index (χ1) is 11.2. The summed E-state index contributed by atoms with van der Waals surface area (Å²) in [6.07, 6.45) is 3.89. The Bertz CT molecular complexity index is 664. The van der Waals surface area contributed by atoms with E-state index in [9.17, 15) is 4.79 Å². The Hall–Kier alpha value is -2.40. The van der Waals surface area contributed by atoms with Crippen LogP contribution < -0.4 is 10.6 Å². The van der Waals surface area contributed by atoms with Crippen molar-refractivity contribution in [3.05, 3.63) is 53.9 Å². The summed E-state index contributed by atoms with van der Waals surface area (Å²) in [5, 5.41) is 6.17. The van der Waals surface area contributed by atoms with Gasteiger partial charge in [0.05, 0.1) is 18.0 Å². The first-order valence-corrected chi connectivity index (χ1v) is 7.91. The molecule has 5 heteroatoms. The Kier molecular flexibility index (Phi) is 4.88. The fourth-order valence-corrected chi connectivity index (χ4v) is 2.57. The summed E-state index contributed by atoms with van der Waals surface area (Å²) in [7, 11) is 0. The average molecular weight is 311 g/mol. The number of hydrogen-bond donors (Lipinski definition) is 2. The van der Waals surface area contributed by atoms with Gasteiger partial charge in [-0.15, -0.1) is 0 Å². The lowest BCUT2D eigenvalue weighted by Crippen LogP contribution is -2.32. The van der Waals surface area contributed by atoms with E-state index >= 15 is 0 Å². The number of aryl methyl sites for hydroxylation is 1. The first kappa shape index (κ1) is 15.5. The van der Waals surface area contributed by atoms with Crippen molar-refractivity contribution in [3.8, 4) is 0 Å². The summed E-state index contributed by atoms with van der Waals surface area (Å²) in [6.45, 7) is 3.38. The van der Waals surface area contributed by atoms with E-state index in [0.29, 0.717) is 12.2 Å². The molecule has 1 saturated heterocycles. The zero-order chi connectivity index (χ0) is 16.1. The molecule has 1 amide bonds. The van der Waals surface area contributed by atoms with Crippen LogP contribution in [0.3, 0.4) is 0 Å². The second-order valence-corrected chi connectivity index (χ2v) is 5.72. The van der Waals surface area contributed by atoms with Crippen molar-refractivity contribution in [2.75, 3.05) is 18.5 Å². The highest BCUT2D eigenvalue weighted by Crippen LogP contribution is 2.19. The lowest BCUT2D eigenvalue weighted by molar-refractivity contribution is 0.0854. The molecule has 0 aliphatic carbocycles. The maximum atomic E-state index is 12.1. The SMILES string of the molecule is Cc1ccccc1Nc1ccc(C(=O)NCC2CCCO2)nc1. The van der Waals surface area contributed by atoms with Crippen LogP contribution in [-0.2, 0) is 4.74 Å². The fraction of sp³-hybridized carbons (Fsp3) is 0.333. The predicted octanol–water partition coefficient (Wildman–Crippen LogP) is 3.04. The number of carbonyl (C=O) groups is 1. The lowest BCUT2D eigenvalue weighted by Gasteiger charge is -2.11. The quantitative estimate of drug-likeness (QED) is 0.891. The number of anilines is 2. The molecule has 2 aromatic rings. The van der Waals surface area contributed by atoms with E-state index in [1.165, 1.54) is 0 Å². The standard InChI is InChI=1S/C18H21N3O2/c1-13-5-2-3-7-16(13)21-14-8-9-17(19-11-14)18(22)20-12-15-6-4-10-23-15/h2-3,5,7-9,11,15,21H,4,6,10,12H2,1H3,(H,20,22). The third-order valence-corrected chi connectivity index (χ3v) is 3.93. The van der Waals surface area contributed by atoms with Crippen molar-refractivity contribution in [2.24, 2.45) is 0 Å². The third kappa shape index (κ3) is 4.07. The Morgan fingerprint density at radius 3 is 2.87 bits per heavy atom. The molecule has 0 spiro atoms. The molecule has 1 atom stereocenters. The molecule has 0 radical (unpaired) electrons. The Balaban J connectivity index is 1.58. The number of nitrogens with one attached hydrogen (secondary N) is 2. The smallest absolute Gasteiger partial charge is 0.269 e. The van der Waals surface area contributed by atoms with Gasteiger partial charge < -0.3 is 15.4 Å². The minimum Gasteiger partial charge on any atom is -0.376 e. The molecule has 23 heavy (non-hydrogen) atoms. The molecule has 1 aromatic carbocycles. The monoisotopic (exact) mass is 311 g/mol. The highest BCUT2D eigenvalue weighted by atomic mass is 16.5. The largest absolute Gasteiger partial charge is 0.376 e. The third-order valence-electron chi connectivity index (χ3n) is 3.93. The molecule has 5 nitrogen and oxygen atoms in total. The van der Waals surface area contributed by atoms with Crippen molar-refractivity contribution in [3.63, 3.8) is 0 Å². The van der Waals surface area contributed by atoms with Crippen molar-refractivity contribution in [2.45, 2.75) is 25.9 Å². The minimum absolute atomic E-state index is 0.140. The number of nitrogens with zero attached hydrogens (tertiary/aromatic N) is 1. The molecule has 0 saturated carbocycles. The number of pyridine rings is 1. The van der Waals surface area contributed by atoms with Crippen LogP contribution in [-0.4, -0.2) is 30.1 Å². The number of benzene rings is 1. The van der Waals surface area contributed by atoms with Gasteiger partial charge in [0.2, 0.25) is 0 Å². The average Bonchev–Trinajstić information content (AvgIpc) is 3.09. The summed E-state index contributed by atoms with van der Waals surface area (Å²) in [5.41, 5.74) is 3.46. The van der Waals surface area contributed by atoms with Gasteiger partial charge in [0, 0.05) is 18.8 Å². The van der Waals surface area contributed by atoms with Crippen LogP contribution in [0.4, 0.5) is 11.4 Å². The van der Waals surface area contributed by atoms with Gasteiger partial charge in [0.25, 0.3) is 5.91 Å². The Morgan fingerprint density at radius 1 is 1.30 bits per heavy atom. The van der Waals surface area contributed by atoms with Gasteiger partial charge in [-0.1, -0.05) is 18.2 Å². The number of para-hydroxylation sites is 1. The molecule has 120 valence electrons. The number of ether oxygens (including phenoxy) is 1. The van der Waals surface area contributed by atoms with E-state index in [2.05, 4.69) is 15.6 Å². The van der Waals surface area contributed by atoms with Gasteiger partial charge in [-0.2, -0.15) is 0 Å². The molecule has 3 rings (SSSR count). The first-order valence-electron chi connectivity index (χ1n) is 7.91. The molecule has 2 N–H and O–H groups in total. The zero-order valence-corrected chi connectivity index (χ0v) is 13.2. The van der Waals surface area contributed by atoms with Crippen LogP contribution in [0, 0.1) is 6.92 Å². The molecule has 1 aliphatic rings. The predicted molar refractivity (Wildman–Crippen MR) is 90.0 cm³/mol. The van der Waals surface area contributed by atoms with Crippen molar-refractivity contribution in [1.29, 1.82) is 0 Å². The molecule has 1 unspecified atom stereocenters. The van der Waals surface area contributed by atoms with E-state index < -0.39 is 0 Å². The van der Waals surface area contributed by atoms with Gasteiger partial charge in [-0.05, 0) is 43.5 Å². The Labute approximate surface area is 136 Å². The zero-order valence-electron chi connectivity index (χ0n) is 13.2. The van der Waals surface area contributed by atoms with E-state index in [1.807, 2.05) is 37.3 Å². The summed E-state index contributed by atoms with van der Waals surface area (Å²) >= 11 is 0. The van der Waals surface area contributed by atoms with Crippen LogP contribution in [0.5, 0.6) is 0 Å². The molecular weight excluding hydrogens is 290 g/mol. The van der Waals surface area contributed by atoms with E-state index in [1.54, 1.807) is 12.3 Å². The normalized spacial score (nSPS) is 17.0. The topological polar surface area (TPSA) is 63.2 Å². The van der Waals surface area contributed by atoms with Gasteiger partial charge in [-0.25, -0.2) is 4.98 Å². The number of amides is 1. The number of hydrogen-bond acceptors (Lipinski definition) is 4. The van der Waals surface area contributed by atoms with Crippen molar-refractivity contribution in [1.82, 2.24) is 10.3 Å². The summed E-state index contributed by atoms with van der Waals surface area (Å²) in [6, 6.07) is 11.6. The van der Waals surface area contributed by atoms with Crippen LogP contribution in [0.15, 0.2) is 42.6 Å². The maximum absolute atomic E-state index is 12.1. The summed E-state index contributed by atoms with van der Waals surface area (Å²) < 4.78 is 5.49. The number of rotatable bonds is 5. The lowest BCUT2D eigenvalue weighted by atomic mass is 10.2. The molecule has 1 fully saturated rings. The van der Waals surface area contributed by atoms with E-state index in [-0.39, 0.29) is 12.0 Å². The van der Waals surface area contributed by atoms with Crippen LogP contribution in [0.25, 0.3) is 0 Å². The molecule has 0 bridgehead atoms. The highest BCUT2D eigenvalue weighted by molar-refractivity contribution is 5.92. The summed E-state index contributed by atoms with van der Waals surface area (Å²) in [4.78, 5) is 16.3. The summed E-state index contributed by atoms with van der Waals surface area (Å²) in [5.74, 6) is -0.164. The second kappa shape index (κ2) is 7.24. The van der Waals surface area contributed by atoms with Crippen LogP contribution in [0.2, 0.25) is 0 Å². The molecule has 2 heterocycles. The molecule has 1 aromatic heterocycles. The van der Waals surface area contributed by atoms with Gasteiger partial charge in [-0.3, -0.25) is 4.79 Å². The van der Waals surface area contributed by atoms with Gasteiger partial charge in [0.15, 0.2) is 0 Å². The minimum atomic E-state index is -0.164. The van der Waals surface area contributed by atoms with Gasteiger partial charge >= 0.3 is 0 Å². The van der Waals surface area contributed by atoms with E-state index in [4.69, 9.17) is 4.74 Å². The van der Waals surface area contributed by atoms with Crippen molar-refractivity contribution >= 4 is 17.3 Å². The second-order valence-electron chi connectivity index (χ2n) is 5.72. The highest BCUT2D eigenvalue weighted by Gasteiger charge is 2.17. The van der Waals surface area contributed by atoms with E-state index in [0.717, 1.165) is 36.4 Å². The molecule has 1 aliphatic heterocycles. The molecular formula is C18H21N3O2. The number of carbonyl (C=O) groups excluding carboxylic acids is 1. The maximum Gasteiger partial charge on any atom is 0.269 e. The van der Waals surface area contributed by atoms with Crippen molar-refractivity contribution < 1.29 is 9.53 Å². The Morgan fingerprint density at radius 2 is 2.17 bits per heavy atom. The van der Waals surface area contributed by atoms with Gasteiger partial charge in [0.1, 0.15) is 5.69 Å². The van der Waals surface area contributed by atoms with Crippen LogP contribution in [0.1, 0.15) is 28.9 Å². The van der Waals surface area contributed by atoms with Crippen LogP contribution >= 0.6 is 0 Å².